The molecule has 4 rings (SSSR count). The topological polar surface area (TPSA) is 63.0 Å². The van der Waals surface area contributed by atoms with E-state index in [9.17, 15) is 4.79 Å². The van der Waals surface area contributed by atoms with Crippen LogP contribution in [0.1, 0.15) is 32.4 Å². The maximum Gasteiger partial charge on any atom is 0.296 e. The molecule has 3 aliphatic rings. The molecule has 0 aromatic carbocycles. The third-order valence-electron chi connectivity index (χ3n) is 4.85. The summed E-state index contributed by atoms with van der Waals surface area (Å²) in [4.78, 5) is 12.0. The van der Waals surface area contributed by atoms with E-state index in [1.165, 1.54) is 16.7 Å². The largest absolute Gasteiger partial charge is 0.296 e. The van der Waals surface area contributed by atoms with Gasteiger partial charge in [-0.3, -0.25) is 9.89 Å². The molecule has 0 aliphatic heterocycles. The van der Waals surface area contributed by atoms with Crippen LogP contribution in [-0.4, -0.2) is 21.1 Å². The summed E-state index contributed by atoms with van der Waals surface area (Å²) in [6.07, 6.45) is 6.34. The van der Waals surface area contributed by atoms with E-state index in [1.807, 2.05) is 0 Å². The zero-order chi connectivity index (χ0) is 14.5. The Morgan fingerprint density at radius 1 is 1.60 bits per heavy atom. The zero-order valence-corrected chi connectivity index (χ0v) is 12.7. The first kappa shape index (κ1) is 13.4. The van der Waals surface area contributed by atoms with E-state index >= 15 is 0 Å². The van der Waals surface area contributed by atoms with Crippen LogP contribution < -0.4 is 5.56 Å². The second kappa shape index (κ2) is 4.48. The van der Waals surface area contributed by atoms with E-state index in [1.54, 1.807) is 13.1 Å². The van der Waals surface area contributed by atoms with Gasteiger partial charge in [0.1, 0.15) is 5.69 Å². The molecule has 5 nitrogen and oxygen atoms in total. The van der Waals surface area contributed by atoms with Gasteiger partial charge in [0.05, 0.1) is 6.21 Å². The number of fused-ring (bicyclic) bond motifs is 1. The normalized spacial score (nSPS) is 27.2. The average molecular weight is 290 g/mol. The third-order valence-corrected chi connectivity index (χ3v) is 5.11. The Kier molecular flexibility index (Phi) is 3.01. The third kappa shape index (κ3) is 1.90. The van der Waals surface area contributed by atoms with Crippen LogP contribution in [0.5, 0.6) is 0 Å². The minimum Gasteiger partial charge on any atom is -0.265 e. The van der Waals surface area contributed by atoms with Gasteiger partial charge in [0.25, 0.3) is 5.56 Å². The summed E-state index contributed by atoms with van der Waals surface area (Å²) in [5, 5.41) is 10.7. The van der Waals surface area contributed by atoms with E-state index in [4.69, 9.17) is 12.2 Å². The minimum atomic E-state index is -0.271. The lowest BCUT2D eigenvalue weighted by atomic mass is 9.49. The molecule has 2 unspecified atom stereocenters. The van der Waals surface area contributed by atoms with Gasteiger partial charge in [0, 0.05) is 0 Å². The molecule has 1 aromatic heterocycles. The van der Waals surface area contributed by atoms with Crippen molar-refractivity contribution in [2.75, 3.05) is 0 Å². The lowest BCUT2D eigenvalue weighted by Crippen LogP contribution is -2.48. The Hall–Kier alpha value is -1.56. The lowest BCUT2D eigenvalue weighted by molar-refractivity contribution is -0.00127. The van der Waals surface area contributed by atoms with Crippen LogP contribution in [0, 0.1) is 28.9 Å². The molecule has 6 heteroatoms. The number of allylic oxidation sites excluding steroid dienone is 2. The standard InChI is InChI=1S/C14H18N4OS/c1-8-12(19)18(13(20)17-16-8)15-7-9-4-5-10-6-11(9)14(10,2)3/h4,7,10-11H,5-6H2,1-3H3,(H,17,20)/b15-7+. The number of nitrogens with one attached hydrogen (secondary N) is 1. The first-order valence-electron chi connectivity index (χ1n) is 6.84. The summed E-state index contributed by atoms with van der Waals surface area (Å²) in [6, 6.07) is 0. The lowest BCUT2D eigenvalue weighted by Gasteiger charge is -2.55. The summed E-state index contributed by atoms with van der Waals surface area (Å²) in [7, 11) is 0. The highest BCUT2D eigenvalue weighted by Crippen LogP contribution is 2.58. The van der Waals surface area contributed by atoms with Crippen LogP contribution in [0.4, 0.5) is 0 Å². The van der Waals surface area contributed by atoms with Gasteiger partial charge in [-0.05, 0) is 54.8 Å². The maximum atomic E-state index is 12.0. The molecule has 0 saturated heterocycles. The summed E-state index contributed by atoms with van der Waals surface area (Å²) in [5.41, 5.74) is 1.65. The van der Waals surface area contributed by atoms with Crippen LogP contribution >= 0.6 is 12.2 Å². The molecule has 1 N–H and O–H groups in total. The van der Waals surface area contributed by atoms with E-state index < -0.39 is 0 Å². The second-order valence-electron chi connectivity index (χ2n) is 6.22. The van der Waals surface area contributed by atoms with Crippen LogP contribution in [0.2, 0.25) is 0 Å². The molecular weight excluding hydrogens is 272 g/mol. The zero-order valence-electron chi connectivity index (χ0n) is 11.9. The number of nitrogens with zero attached hydrogens (tertiary/aromatic N) is 3. The Labute approximate surface area is 122 Å². The Morgan fingerprint density at radius 3 is 3.00 bits per heavy atom. The SMILES string of the molecule is Cc1n[nH]c(=S)n(/N=C/C2=CCC3CC2C3(C)C)c1=O. The van der Waals surface area contributed by atoms with Crippen molar-refractivity contribution in [3.05, 3.63) is 32.5 Å². The smallest absolute Gasteiger partial charge is 0.265 e. The summed E-state index contributed by atoms with van der Waals surface area (Å²) < 4.78 is 1.43. The highest BCUT2D eigenvalue weighted by molar-refractivity contribution is 7.71. The highest BCUT2D eigenvalue weighted by atomic mass is 32.1. The summed E-state index contributed by atoms with van der Waals surface area (Å²) in [6.45, 7) is 6.25. The highest BCUT2D eigenvalue weighted by Gasteiger charge is 2.50. The molecule has 20 heavy (non-hydrogen) atoms. The number of aryl methyl sites for hydroxylation is 1. The van der Waals surface area contributed by atoms with Crippen molar-refractivity contribution in [2.24, 2.45) is 22.4 Å². The molecule has 0 spiro atoms. The molecule has 1 heterocycles. The van der Waals surface area contributed by atoms with Gasteiger partial charge in [0.2, 0.25) is 4.77 Å². The van der Waals surface area contributed by atoms with Crippen LogP contribution in [0.3, 0.4) is 0 Å². The summed E-state index contributed by atoms with van der Waals surface area (Å²) >= 11 is 5.06. The van der Waals surface area contributed by atoms with E-state index in [2.05, 4.69) is 35.2 Å². The molecule has 1 aromatic rings. The van der Waals surface area contributed by atoms with Crippen molar-refractivity contribution in [3.63, 3.8) is 0 Å². The molecular formula is C14H18N4OS. The second-order valence-corrected chi connectivity index (χ2v) is 6.61. The quantitative estimate of drug-likeness (QED) is 0.672. The van der Waals surface area contributed by atoms with Crippen LogP contribution in [-0.2, 0) is 0 Å². The van der Waals surface area contributed by atoms with Gasteiger partial charge >= 0.3 is 0 Å². The molecule has 1 fully saturated rings. The molecule has 2 bridgehead atoms. The van der Waals surface area contributed by atoms with Gasteiger partial charge in [0.15, 0.2) is 0 Å². The predicted octanol–water partition coefficient (Wildman–Crippen LogP) is 2.44. The van der Waals surface area contributed by atoms with Crippen LogP contribution in [0.15, 0.2) is 21.5 Å². The van der Waals surface area contributed by atoms with Gasteiger partial charge in [-0.2, -0.15) is 14.9 Å². The number of hydrogen-bond donors (Lipinski definition) is 1. The predicted molar refractivity (Wildman–Crippen MR) is 80.4 cm³/mol. The van der Waals surface area contributed by atoms with Gasteiger partial charge < -0.3 is 0 Å². The first-order valence-corrected chi connectivity index (χ1v) is 7.25. The Balaban J connectivity index is 1.93. The number of aromatic nitrogens is 3. The maximum absolute atomic E-state index is 12.0. The van der Waals surface area contributed by atoms with E-state index in [-0.39, 0.29) is 10.3 Å². The van der Waals surface area contributed by atoms with E-state index in [0.29, 0.717) is 17.0 Å². The molecule has 1 saturated carbocycles. The number of rotatable bonds is 2. The number of H-pyrrole nitrogens is 1. The van der Waals surface area contributed by atoms with Gasteiger partial charge in [-0.25, -0.2) is 0 Å². The number of hydrogen-bond acceptors (Lipinski definition) is 4. The van der Waals surface area contributed by atoms with Crippen molar-refractivity contribution in [1.82, 2.24) is 14.9 Å². The van der Waals surface area contributed by atoms with Crippen molar-refractivity contribution in [3.8, 4) is 0 Å². The van der Waals surface area contributed by atoms with Crippen molar-refractivity contribution < 1.29 is 0 Å². The van der Waals surface area contributed by atoms with Crippen molar-refractivity contribution in [1.29, 1.82) is 0 Å². The number of aromatic amines is 1. The monoisotopic (exact) mass is 290 g/mol. The fourth-order valence-electron chi connectivity index (χ4n) is 3.25. The van der Waals surface area contributed by atoms with Crippen LogP contribution in [0.25, 0.3) is 0 Å². The molecule has 3 aliphatic carbocycles. The molecule has 0 amide bonds. The minimum absolute atomic E-state index is 0.221. The van der Waals surface area contributed by atoms with Crippen molar-refractivity contribution >= 4 is 18.4 Å². The Bertz CT molecular complexity index is 725. The first-order chi connectivity index (χ1) is 9.41. The summed E-state index contributed by atoms with van der Waals surface area (Å²) in [5.74, 6) is 1.33. The van der Waals surface area contributed by atoms with Crippen molar-refractivity contribution in [2.45, 2.75) is 33.6 Å². The Morgan fingerprint density at radius 2 is 2.35 bits per heavy atom. The fourth-order valence-corrected chi connectivity index (χ4v) is 3.42. The molecule has 0 radical (unpaired) electrons. The molecule has 106 valence electrons. The molecule has 2 atom stereocenters. The fraction of sp³-hybridized carbons (Fsp3) is 0.571. The average Bonchev–Trinajstić information content (AvgIpc) is 2.43. The van der Waals surface area contributed by atoms with Gasteiger partial charge in [-0.1, -0.05) is 19.9 Å². The van der Waals surface area contributed by atoms with E-state index in [0.717, 1.165) is 12.3 Å². The van der Waals surface area contributed by atoms with Gasteiger partial charge in [-0.15, -0.1) is 0 Å².